The van der Waals surface area contributed by atoms with Crippen LogP contribution in [-0.2, 0) is 25.5 Å². The predicted molar refractivity (Wildman–Crippen MR) is 78.7 cm³/mol. The van der Waals surface area contributed by atoms with Crippen molar-refractivity contribution >= 4 is 11.8 Å². The Hall–Kier alpha value is -2.43. The van der Waals surface area contributed by atoms with Crippen molar-refractivity contribution < 1.29 is 19.1 Å². The van der Waals surface area contributed by atoms with E-state index < -0.39 is 17.9 Å². The number of nitrogens with one attached hydrogen (secondary N) is 1. The van der Waals surface area contributed by atoms with Gasteiger partial charge in [0, 0.05) is 13.5 Å². The Bertz CT molecular complexity index is 554. The normalized spacial score (nSPS) is 11.5. The van der Waals surface area contributed by atoms with Gasteiger partial charge in [-0.05, 0) is 11.6 Å². The summed E-state index contributed by atoms with van der Waals surface area (Å²) in [6.07, 6.45) is 0.156. The summed E-state index contributed by atoms with van der Waals surface area (Å²) in [6.45, 7) is 0.470. The van der Waals surface area contributed by atoms with Gasteiger partial charge in [-0.1, -0.05) is 18.2 Å². The molecule has 0 aromatic heterocycles. The van der Waals surface area contributed by atoms with E-state index in [-0.39, 0.29) is 19.6 Å². The van der Waals surface area contributed by atoms with Crippen molar-refractivity contribution in [1.82, 2.24) is 5.32 Å². The first-order valence-corrected chi connectivity index (χ1v) is 6.71. The van der Waals surface area contributed by atoms with E-state index in [0.29, 0.717) is 17.7 Å². The predicted octanol–water partition coefficient (Wildman–Crippen LogP) is -0.266. The van der Waals surface area contributed by atoms with Gasteiger partial charge in [0.2, 0.25) is 11.8 Å². The number of nitrogens with zero attached hydrogens (tertiary/aromatic N) is 1. The third kappa shape index (κ3) is 5.91. The van der Waals surface area contributed by atoms with Crippen LogP contribution in [0.5, 0.6) is 0 Å². The third-order valence-electron chi connectivity index (χ3n) is 2.91. The fourth-order valence-corrected chi connectivity index (χ4v) is 1.79. The van der Waals surface area contributed by atoms with E-state index in [1.165, 1.54) is 7.11 Å². The van der Waals surface area contributed by atoms with Gasteiger partial charge in [0.25, 0.3) is 0 Å². The second-order valence-corrected chi connectivity index (χ2v) is 4.54. The number of nitriles is 1. The van der Waals surface area contributed by atoms with Gasteiger partial charge < -0.3 is 20.5 Å². The van der Waals surface area contributed by atoms with E-state index in [1.807, 2.05) is 6.07 Å². The van der Waals surface area contributed by atoms with Gasteiger partial charge >= 0.3 is 0 Å². The molecule has 0 aliphatic carbocycles. The summed E-state index contributed by atoms with van der Waals surface area (Å²) in [5.41, 5.74) is 6.39. The minimum Gasteiger partial charge on any atom is -0.382 e. The molecule has 3 N–H and O–H groups in total. The number of rotatable bonds is 9. The molecule has 0 radical (unpaired) electrons. The number of primary amides is 1. The van der Waals surface area contributed by atoms with Gasteiger partial charge in [-0.2, -0.15) is 5.26 Å². The zero-order valence-electron chi connectivity index (χ0n) is 12.4. The van der Waals surface area contributed by atoms with Gasteiger partial charge in [0.05, 0.1) is 24.8 Å². The molecule has 0 heterocycles. The molecule has 1 rings (SSSR count). The van der Waals surface area contributed by atoms with Crippen LogP contribution in [0, 0.1) is 11.3 Å². The monoisotopic (exact) mass is 305 g/mol. The molecule has 0 fully saturated rings. The lowest BCUT2D eigenvalue weighted by molar-refractivity contribution is -0.130. The van der Waals surface area contributed by atoms with E-state index in [1.54, 1.807) is 24.3 Å². The Morgan fingerprint density at radius 3 is 2.73 bits per heavy atom. The van der Waals surface area contributed by atoms with Crippen LogP contribution in [0.4, 0.5) is 0 Å². The van der Waals surface area contributed by atoms with Gasteiger partial charge in [-0.15, -0.1) is 0 Å². The van der Waals surface area contributed by atoms with Crippen molar-refractivity contribution in [3.63, 3.8) is 0 Å². The Kier molecular flexibility index (Phi) is 7.61. The van der Waals surface area contributed by atoms with Crippen LogP contribution in [0.25, 0.3) is 0 Å². The molecule has 0 aliphatic heterocycles. The number of hydrogen-bond donors (Lipinski definition) is 2. The SMILES string of the molecule is COCCOCC(=O)N[C@@H](Cc1ccccc1C#N)C(N)=O. The van der Waals surface area contributed by atoms with Crippen molar-refractivity contribution in [1.29, 1.82) is 5.26 Å². The number of methoxy groups -OCH3 is 1. The summed E-state index contributed by atoms with van der Waals surface area (Å²) in [4.78, 5) is 23.2. The number of nitrogens with two attached hydrogens (primary N) is 1. The Labute approximate surface area is 129 Å². The van der Waals surface area contributed by atoms with Gasteiger partial charge in [0.15, 0.2) is 0 Å². The fourth-order valence-electron chi connectivity index (χ4n) is 1.79. The lowest BCUT2D eigenvalue weighted by Gasteiger charge is -2.16. The first-order chi connectivity index (χ1) is 10.6. The Morgan fingerprint density at radius 2 is 2.09 bits per heavy atom. The molecule has 22 heavy (non-hydrogen) atoms. The standard InChI is InChI=1S/C15H19N3O4/c1-21-6-7-22-10-14(19)18-13(15(17)20)8-11-4-2-3-5-12(11)9-16/h2-5,13H,6-8,10H2,1H3,(H2,17,20)(H,18,19)/t13-/m0/s1. The van der Waals surface area contributed by atoms with Crippen molar-refractivity contribution in [2.45, 2.75) is 12.5 Å². The molecule has 0 aliphatic rings. The highest BCUT2D eigenvalue weighted by molar-refractivity contribution is 5.87. The Morgan fingerprint density at radius 1 is 1.36 bits per heavy atom. The van der Waals surface area contributed by atoms with E-state index in [0.717, 1.165) is 0 Å². The number of carbonyl (C=O) groups is 2. The van der Waals surface area contributed by atoms with Crippen LogP contribution in [0.15, 0.2) is 24.3 Å². The summed E-state index contributed by atoms with van der Waals surface area (Å²) in [5, 5.41) is 11.5. The van der Waals surface area contributed by atoms with E-state index in [2.05, 4.69) is 5.32 Å². The summed E-state index contributed by atoms with van der Waals surface area (Å²) in [7, 11) is 1.53. The molecule has 0 saturated carbocycles. The molecule has 0 bridgehead atoms. The maximum Gasteiger partial charge on any atom is 0.246 e. The highest BCUT2D eigenvalue weighted by Crippen LogP contribution is 2.10. The van der Waals surface area contributed by atoms with E-state index in [4.69, 9.17) is 20.5 Å². The number of carbonyl (C=O) groups excluding carboxylic acids is 2. The molecule has 1 aromatic rings. The fraction of sp³-hybridized carbons (Fsp3) is 0.400. The molecular weight excluding hydrogens is 286 g/mol. The molecule has 0 spiro atoms. The lowest BCUT2D eigenvalue weighted by atomic mass is 10.0. The van der Waals surface area contributed by atoms with Gasteiger partial charge in [-0.3, -0.25) is 9.59 Å². The second-order valence-electron chi connectivity index (χ2n) is 4.54. The minimum absolute atomic E-state index is 0.156. The molecule has 1 aromatic carbocycles. The summed E-state index contributed by atoms with van der Waals surface area (Å²) >= 11 is 0. The molecule has 0 saturated heterocycles. The minimum atomic E-state index is -0.895. The van der Waals surface area contributed by atoms with E-state index in [9.17, 15) is 9.59 Å². The molecule has 2 amide bonds. The van der Waals surface area contributed by atoms with Crippen molar-refractivity contribution in [2.24, 2.45) is 5.73 Å². The number of benzene rings is 1. The van der Waals surface area contributed by atoms with Gasteiger partial charge in [0.1, 0.15) is 12.6 Å². The average molecular weight is 305 g/mol. The summed E-state index contributed by atoms with van der Waals surface area (Å²) in [6, 6.07) is 7.98. The average Bonchev–Trinajstić information content (AvgIpc) is 2.51. The maximum absolute atomic E-state index is 11.7. The quantitative estimate of drug-likeness (QED) is 0.610. The van der Waals surface area contributed by atoms with Crippen molar-refractivity contribution in [2.75, 3.05) is 26.9 Å². The Balaban J connectivity index is 2.61. The highest BCUT2D eigenvalue weighted by Gasteiger charge is 2.19. The topological polar surface area (TPSA) is 114 Å². The maximum atomic E-state index is 11.7. The summed E-state index contributed by atoms with van der Waals surface area (Å²) in [5.74, 6) is -1.12. The smallest absolute Gasteiger partial charge is 0.246 e. The summed E-state index contributed by atoms with van der Waals surface area (Å²) < 4.78 is 9.86. The third-order valence-corrected chi connectivity index (χ3v) is 2.91. The number of ether oxygens (including phenoxy) is 2. The first kappa shape index (κ1) is 17.6. The van der Waals surface area contributed by atoms with Crippen LogP contribution < -0.4 is 11.1 Å². The van der Waals surface area contributed by atoms with Crippen LogP contribution in [0.1, 0.15) is 11.1 Å². The molecule has 7 nitrogen and oxygen atoms in total. The molecular formula is C15H19N3O4. The molecule has 118 valence electrons. The number of hydrogen-bond acceptors (Lipinski definition) is 5. The number of amides is 2. The first-order valence-electron chi connectivity index (χ1n) is 6.71. The second kappa shape index (κ2) is 9.50. The molecule has 0 unspecified atom stereocenters. The largest absolute Gasteiger partial charge is 0.382 e. The van der Waals surface area contributed by atoms with Crippen molar-refractivity contribution in [3.05, 3.63) is 35.4 Å². The van der Waals surface area contributed by atoms with E-state index >= 15 is 0 Å². The lowest BCUT2D eigenvalue weighted by Crippen LogP contribution is -2.47. The zero-order chi connectivity index (χ0) is 16.4. The van der Waals surface area contributed by atoms with Crippen LogP contribution in [0.2, 0.25) is 0 Å². The highest BCUT2D eigenvalue weighted by atomic mass is 16.5. The zero-order valence-corrected chi connectivity index (χ0v) is 12.4. The van der Waals surface area contributed by atoms with Crippen LogP contribution >= 0.6 is 0 Å². The van der Waals surface area contributed by atoms with Gasteiger partial charge in [-0.25, -0.2) is 0 Å². The van der Waals surface area contributed by atoms with Crippen molar-refractivity contribution in [3.8, 4) is 6.07 Å². The van der Waals surface area contributed by atoms with Crippen LogP contribution in [0.3, 0.4) is 0 Å². The molecule has 1 atom stereocenters. The molecule has 7 heteroatoms. The van der Waals surface area contributed by atoms with Crippen LogP contribution in [-0.4, -0.2) is 44.8 Å².